The SMILES string of the molecule is CNCCCCC(C(=O)O)N1C(=O)C=CC1=O. The molecule has 0 aromatic heterocycles. The van der Waals surface area contributed by atoms with Gasteiger partial charge in [-0.15, -0.1) is 0 Å². The minimum Gasteiger partial charge on any atom is -0.480 e. The van der Waals surface area contributed by atoms with Crippen molar-refractivity contribution < 1.29 is 19.5 Å². The molecular weight excluding hydrogens is 224 g/mol. The first-order valence-electron chi connectivity index (χ1n) is 5.50. The van der Waals surface area contributed by atoms with Gasteiger partial charge in [0.05, 0.1) is 0 Å². The van der Waals surface area contributed by atoms with Crippen LogP contribution in [-0.2, 0) is 14.4 Å². The van der Waals surface area contributed by atoms with Gasteiger partial charge in [0.1, 0.15) is 6.04 Å². The van der Waals surface area contributed by atoms with Crippen LogP contribution < -0.4 is 5.32 Å². The Morgan fingerprint density at radius 2 is 1.94 bits per heavy atom. The molecule has 0 aliphatic carbocycles. The fourth-order valence-electron chi connectivity index (χ4n) is 1.72. The Labute approximate surface area is 99.3 Å². The molecule has 0 fully saturated rings. The van der Waals surface area contributed by atoms with E-state index in [1.165, 1.54) is 0 Å². The van der Waals surface area contributed by atoms with Crippen LogP contribution in [-0.4, -0.2) is 47.4 Å². The van der Waals surface area contributed by atoms with E-state index in [1.54, 1.807) is 0 Å². The first kappa shape index (κ1) is 13.4. The van der Waals surface area contributed by atoms with Crippen LogP contribution in [0, 0.1) is 0 Å². The Kier molecular flexibility index (Phi) is 4.84. The number of carboxylic acids is 1. The fraction of sp³-hybridized carbons (Fsp3) is 0.545. The molecule has 94 valence electrons. The molecule has 6 heteroatoms. The van der Waals surface area contributed by atoms with Gasteiger partial charge in [-0.2, -0.15) is 0 Å². The predicted octanol–water partition coefficient (Wildman–Crippen LogP) is -0.246. The van der Waals surface area contributed by atoms with Gasteiger partial charge in [-0.1, -0.05) is 0 Å². The molecule has 2 N–H and O–H groups in total. The molecule has 0 bridgehead atoms. The van der Waals surface area contributed by atoms with Gasteiger partial charge in [0.2, 0.25) is 0 Å². The van der Waals surface area contributed by atoms with Crippen LogP contribution in [0.1, 0.15) is 19.3 Å². The highest BCUT2D eigenvalue weighted by molar-refractivity contribution is 6.14. The summed E-state index contributed by atoms with van der Waals surface area (Å²) in [5, 5.41) is 12.0. The number of hydrogen-bond donors (Lipinski definition) is 2. The maximum atomic E-state index is 11.4. The first-order chi connectivity index (χ1) is 8.07. The molecule has 1 heterocycles. The number of rotatable bonds is 7. The molecule has 0 aromatic carbocycles. The van der Waals surface area contributed by atoms with Crippen LogP contribution in [0.5, 0.6) is 0 Å². The summed E-state index contributed by atoms with van der Waals surface area (Å²) in [6, 6.07) is -1.05. The molecular formula is C11H16N2O4. The smallest absolute Gasteiger partial charge is 0.326 e. The van der Waals surface area contributed by atoms with Crippen molar-refractivity contribution in [2.75, 3.05) is 13.6 Å². The summed E-state index contributed by atoms with van der Waals surface area (Å²) in [6.07, 6.45) is 3.95. The number of nitrogens with one attached hydrogen (secondary N) is 1. The minimum atomic E-state index is -1.14. The van der Waals surface area contributed by atoms with Gasteiger partial charge >= 0.3 is 5.97 Å². The van der Waals surface area contributed by atoms with Crippen LogP contribution in [0.15, 0.2) is 12.2 Å². The van der Waals surface area contributed by atoms with Gasteiger partial charge in [-0.3, -0.25) is 14.5 Å². The maximum Gasteiger partial charge on any atom is 0.326 e. The summed E-state index contributed by atoms with van der Waals surface area (Å²) in [6.45, 7) is 0.784. The number of hydrogen-bond acceptors (Lipinski definition) is 4. The standard InChI is InChI=1S/C11H16N2O4/c1-12-7-3-2-4-8(11(16)17)13-9(14)5-6-10(13)15/h5-6,8,12H,2-4,7H2,1H3,(H,16,17). The Bertz CT molecular complexity index is 333. The molecule has 0 saturated carbocycles. The number of carbonyl (C=O) groups is 3. The van der Waals surface area contributed by atoms with Gasteiger partial charge in [0.15, 0.2) is 0 Å². The van der Waals surface area contributed by atoms with E-state index >= 15 is 0 Å². The van der Waals surface area contributed by atoms with Gasteiger partial charge in [0.25, 0.3) is 11.8 Å². The number of nitrogens with zero attached hydrogens (tertiary/aromatic N) is 1. The van der Waals surface area contributed by atoms with Gasteiger partial charge in [0, 0.05) is 12.2 Å². The second-order valence-corrected chi connectivity index (χ2v) is 3.83. The first-order valence-corrected chi connectivity index (χ1v) is 5.50. The van der Waals surface area contributed by atoms with Crippen molar-refractivity contribution in [1.82, 2.24) is 10.2 Å². The van der Waals surface area contributed by atoms with Crippen LogP contribution in [0.25, 0.3) is 0 Å². The number of aliphatic carboxylic acids is 1. The van der Waals surface area contributed by atoms with Crippen molar-refractivity contribution in [3.05, 3.63) is 12.2 Å². The Morgan fingerprint density at radius 3 is 2.41 bits per heavy atom. The lowest BCUT2D eigenvalue weighted by Gasteiger charge is -2.22. The third-order valence-electron chi connectivity index (χ3n) is 2.59. The summed E-state index contributed by atoms with van der Waals surface area (Å²) in [4.78, 5) is 34.6. The summed E-state index contributed by atoms with van der Waals surface area (Å²) in [5.41, 5.74) is 0. The molecule has 1 atom stereocenters. The molecule has 1 aliphatic heterocycles. The van der Waals surface area contributed by atoms with E-state index in [9.17, 15) is 14.4 Å². The zero-order valence-electron chi connectivity index (χ0n) is 9.68. The summed E-state index contributed by atoms with van der Waals surface area (Å²) >= 11 is 0. The minimum absolute atomic E-state index is 0.288. The van der Waals surface area contributed by atoms with E-state index in [1.807, 2.05) is 7.05 Å². The maximum absolute atomic E-state index is 11.4. The largest absolute Gasteiger partial charge is 0.480 e. The lowest BCUT2D eigenvalue weighted by Crippen LogP contribution is -2.45. The molecule has 0 saturated heterocycles. The van der Waals surface area contributed by atoms with Crippen LogP contribution in [0.2, 0.25) is 0 Å². The van der Waals surface area contributed by atoms with E-state index in [0.29, 0.717) is 6.42 Å². The quantitative estimate of drug-likeness (QED) is 0.473. The average Bonchev–Trinajstić information content (AvgIpc) is 2.59. The van der Waals surface area contributed by atoms with Crippen molar-refractivity contribution in [1.29, 1.82) is 0 Å². The highest BCUT2D eigenvalue weighted by Crippen LogP contribution is 2.14. The van der Waals surface area contributed by atoms with E-state index in [4.69, 9.17) is 5.11 Å². The number of imide groups is 1. The zero-order valence-corrected chi connectivity index (χ0v) is 9.68. The summed E-state index contributed by atoms with van der Waals surface area (Å²) in [7, 11) is 1.81. The van der Waals surface area contributed by atoms with Crippen molar-refractivity contribution >= 4 is 17.8 Å². The van der Waals surface area contributed by atoms with Gasteiger partial charge in [-0.05, 0) is 32.9 Å². The van der Waals surface area contributed by atoms with Crippen molar-refractivity contribution in [3.8, 4) is 0 Å². The zero-order chi connectivity index (χ0) is 12.8. The van der Waals surface area contributed by atoms with Gasteiger partial charge < -0.3 is 10.4 Å². The molecule has 0 radical (unpaired) electrons. The van der Waals surface area contributed by atoms with E-state index in [2.05, 4.69) is 5.32 Å². The number of unbranched alkanes of at least 4 members (excludes halogenated alkanes) is 1. The Morgan fingerprint density at radius 1 is 1.35 bits per heavy atom. The van der Waals surface area contributed by atoms with Crippen LogP contribution in [0.3, 0.4) is 0 Å². The number of amides is 2. The lowest BCUT2D eigenvalue weighted by atomic mass is 10.1. The molecule has 0 aromatic rings. The van der Waals surface area contributed by atoms with E-state index < -0.39 is 23.8 Å². The molecule has 17 heavy (non-hydrogen) atoms. The van der Waals surface area contributed by atoms with Crippen LogP contribution in [0.4, 0.5) is 0 Å². The van der Waals surface area contributed by atoms with Gasteiger partial charge in [-0.25, -0.2) is 4.79 Å². The molecule has 2 amide bonds. The van der Waals surface area contributed by atoms with Crippen molar-refractivity contribution in [2.45, 2.75) is 25.3 Å². The predicted molar refractivity (Wildman–Crippen MR) is 60.2 cm³/mol. The molecule has 1 aliphatic rings. The highest BCUT2D eigenvalue weighted by Gasteiger charge is 2.35. The molecule has 1 unspecified atom stereocenters. The molecule has 6 nitrogen and oxygen atoms in total. The Balaban J connectivity index is 2.57. The van der Waals surface area contributed by atoms with Crippen molar-refractivity contribution in [2.24, 2.45) is 0 Å². The fourth-order valence-corrected chi connectivity index (χ4v) is 1.72. The van der Waals surface area contributed by atoms with Crippen LogP contribution >= 0.6 is 0 Å². The molecule has 1 rings (SSSR count). The van der Waals surface area contributed by atoms with E-state index in [0.717, 1.165) is 30.0 Å². The van der Waals surface area contributed by atoms with E-state index in [-0.39, 0.29) is 6.42 Å². The second kappa shape index (κ2) is 6.15. The molecule has 0 spiro atoms. The normalized spacial score (nSPS) is 16.6. The lowest BCUT2D eigenvalue weighted by molar-refractivity contribution is -0.153. The monoisotopic (exact) mass is 240 g/mol. The number of carbonyl (C=O) groups excluding carboxylic acids is 2. The third kappa shape index (κ3) is 3.39. The summed E-state index contributed by atoms with van der Waals surface area (Å²) in [5.74, 6) is -2.23. The average molecular weight is 240 g/mol. The highest BCUT2D eigenvalue weighted by atomic mass is 16.4. The Hall–Kier alpha value is -1.69. The third-order valence-corrected chi connectivity index (χ3v) is 2.59. The second-order valence-electron chi connectivity index (χ2n) is 3.83. The summed E-state index contributed by atoms with van der Waals surface area (Å²) < 4.78 is 0. The topological polar surface area (TPSA) is 86.7 Å². The van der Waals surface area contributed by atoms with Crippen molar-refractivity contribution in [3.63, 3.8) is 0 Å². The number of carboxylic acid groups (broad SMARTS) is 1.